The molecule has 0 aliphatic heterocycles. The van der Waals surface area contributed by atoms with E-state index in [4.69, 9.17) is 4.74 Å². The first-order valence-corrected chi connectivity index (χ1v) is 15.0. The van der Waals surface area contributed by atoms with E-state index in [-0.39, 0.29) is 27.2 Å². The monoisotopic (exact) mass is 682 g/mol. The maximum Gasteiger partial charge on any atom is 0.433 e. The van der Waals surface area contributed by atoms with E-state index in [9.17, 15) is 49.8 Å². The zero-order valence-electron chi connectivity index (χ0n) is 23.4. The van der Waals surface area contributed by atoms with Gasteiger partial charge in [-0.3, -0.25) is 10.1 Å². The zero-order valence-corrected chi connectivity index (χ0v) is 25.0. The number of ether oxygens (including phenoxy) is 1. The van der Waals surface area contributed by atoms with Gasteiger partial charge in [0.05, 0.1) is 48.5 Å². The first kappa shape index (κ1) is 34.0. The van der Waals surface area contributed by atoms with Crippen LogP contribution in [0, 0.1) is 6.92 Å². The van der Waals surface area contributed by atoms with Crippen LogP contribution in [0.3, 0.4) is 0 Å². The average Bonchev–Trinajstić information content (AvgIpc) is 3.54. The van der Waals surface area contributed by atoms with Crippen LogP contribution >= 0.6 is 11.3 Å². The van der Waals surface area contributed by atoms with Crippen molar-refractivity contribution in [1.82, 2.24) is 24.3 Å². The molecule has 0 aliphatic rings. The van der Waals surface area contributed by atoms with Gasteiger partial charge in [0.1, 0.15) is 11.3 Å². The summed E-state index contributed by atoms with van der Waals surface area (Å²) in [5.74, 6) is -1.71. The third-order valence-corrected chi connectivity index (χ3v) is 9.51. The van der Waals surface area contributed by atoms with Gasteiger partial charge in [-0.05, 0) is 39.0 Å². The van der Waals surface area contributed by atoms with Gasteiger partial charge in [0.25, 0.3) is 15.9 Å². The minimum atomic E-state index is -5.04. The lowest BCUT2D eigenvalue weighted by Crippen LogP contribution is -2.51. The first-order chi connectivity index (χ1) is 20.8. The average molecular weight is 683 g/mol. The smallest absolute Gasteiger partial charge is 0.433 e. The van der Waals surface area contributed by atoms with E-state index in [0.29, 0.717) is 28.0 Å². The number of hydrogen-bond acceptors (Lipinski definition) is 10. The van der Waals surface area contributed by atoms with Gasteiger partial charge in [-0.15, -0.1) is 0 Å². The molecule has 12 nitrogen and oxygen atoms in total. The minimum absolute atomic E-state index is 0.0759. The third-order valence-electron chi connectivity index (χ3n) is 6.19. The summed E-state index contributed by atoms with van der Waals surface area (Å²) >= 11 is 0.486. The van der Waals surface area contributed by atoms with Crippen LogP contribution < -0.4 is 14.8 Å². The van der Waals surface area contributed by atoms with Crippen molar-refractivity contribution in [3.63, 3.8) is 0 Å². The van der Waals surface area contributed by atoms with Crippen LogP contribution in [-0.2, 0) is 22.4 Å². The van der Waals surface area contributed by atoms with E-state index in [1.54, 1.807) is 0 Å². The maximum atomic E-state index is 14.1. The number of fused-ring (bicyclic) bond motifs is 1. The lowest BCUT2D eigenvalue weighted by Gasteiger charge is -2.25. The number of aliphatic hydroxyl groups excluding tert-OH is 2. The third kappa shape index (κ3) is 7.03. The second-order valence-corrected chi connectivity index (χ2v) is 12.7. The second kappa shape index (κ2) is 12.2. The van der Waals surface area contributed by atoms with Crippen molar-refractivity contribution in [2.75, 3.05) is 25.1 Å². The Hall–Kier alpha value is -3.85. The van der Waals surface area contributed by atoms with Crippen LogP contribution in [0.5, 0.6) is 5.75 Å². The van der Waals surface area contributed by atoms with E-state index in [1.807, 2.05) is 0 Å². The number of aliphatic hydroxyl groups is 2. The fourth-order valence-corrected chi connectivity index (χ4v) is 6.80. The summed E-state index contributed by atoms with van der Waals surface area (Å²) < 4.78 is 115. The van der Waals surface area contributed by atoms with E-state index in [0.717, 1.165) is 18.3 Å². The van der Waals surface area contributed by atoms with Crippen LogP contribution in [0.4, 0.5) is 31.5 Å². The highest BCUT2D eigenvalue weighted by Gasteiger charge is 2.38. The molecule has 1 amide bonds. The Labute approximate surface area is 254 Å². The predicted octanol–water partition coefficient (Wildman–Crippen LogP) is 3.87. The van der Waals surface area contributed by atoms with Crippen LogP contribution in [0.1, 0.15) is 41.2 Å². The molecular weight excluding hydrogens is 658 g/mol. The number of thiazole rings is 1. The Morgan fingerprint density at radius 1 is 1.07 bits per heavy atom. The number of amides is 1. The fraction of sp³-hybridized carbons (Fsp3) is 0.360. The zero-order chi connectivity index (χ0) is 33.5. The summed E-state index contributed by atoms with van der Waals surface area (Å²) in [6.07, 6.45) is -9.07. The van der Waals surface area contributed by atoms with Crippen molar-refractivity contribution >= 4 is 38.0 Å². The molecule has 0 unspecified atom stereocenters. The predicted molar refractivity (Wildman–Crippen MR) is 147 cm³/mol. The highest BCUT2D eigenvalue weighted by Crippen LogP contribution is 2.40. The van der Waals surface area contributed by atoms with E-state index in [2.05, 4.69) is 25.1 Å². The largest absolute Gasteiger partial charge is 0.493 e. The van der Waals surface area contributed by atoms with Crippen LogP contribution in [0.15, 0.2) is 34.7 Å². The SMILES string of the molecule is CCOc1cc(-c2cc(C(F)(F)F)n3ncc(C(=O)Nc4nc(C)c(S(=O)(=O)NC(C)(CO)CO)s4)c3n2)ccc1C(F)(F)F. The Morgan fingerprint density at radius 3 is 2.31 bits per heavy atom. The van der Waals surface area contributed by atoms with Crippen LogP contribution in [-0.4, -0.2) is 69.5 Å². The fourth-order valence-electron chi connectivity index (χ4n) is 4.00. The Kier molecular flexibility index (Phi) is 9.19. The van der Waals surface area contributed by atoms with Gasteiger partial charge in [0, 0.05) is 5.56 Å². The molecule has 20 heteroatoms. The number of sulfonamides is 1. The molecule has 3 aromatic heterocycles. The summed E-state index contributed by atoms with van der Waals surface area (Å²) in [7, 11) is -4.35. The van der Waals surface area contributed by atoms with Crippen molar-refractivity contribution in [3.05, 3.63) is 53.0 Å². The highest BCUT2D eigenvalue weighted by molar-refractivity contribution is 7.91. The van der Waals surface area contributed by atoms with Crippen molar-refractivity contribution < 1.29 is 54.5 Å². The number of aryl methyl sites for hydroxylation is 1. The van der Waals surface area contributed by atoms with Gasteiger partial charge in [-0.25, -0.2) is 22.9 Å². The lowest BCUT2D eigenvalue weighted by atomic mass is 10.1. The number of alkyl halides is 6. The molecule has 0 bridgehead atoms. The van der Waals surface area contributed by atoms with Gasteiger partial charge < -0.3 is 14.9 Å². The summed E-state index contributed by atoms with van der Waals surface area (Å²) in [6.45, 7) is 2.32. The number of nitrogens with zero attached hydrogens (tertiary/aromatic N) is 4. The van der Waals surface area contributed by atoms with Crippen molar-refractivity contribution in [1.29, 1.82) is 0 Å². The summed E-state index contributed by atoms with van der Waals surface area (Å²) in [6, 6.07) is 2.99. The summed E-state index contributed by atoms with van der Waals surface area (Å²) in [4.78, 5) is 21.3. The molecule has 4 rings (SSSR count). The van der Waals surface area contributed by atoms with Crippen LogP contribution in [0.2, 0.25) is 0 Å². The normalized spacial score (nSPS) is 13.0. The summed E-state index contributed by atoms with van der Waals surface area (Å²) in [5.41, 5.74) is -5.97. The molecular formula is C25H24F6N6O6S2. The first-order valence-electron chi connectivity index (χ1n) is 12.7. The number of carbonyl (C=O) groups is 1. The number of carbonyl (C=O) groups excluding carboxylic acids is 1. The molecule has 0 aliphatic carbocycles. The molecule has 0 saturated heterocycles. The molecule has 4 N–H and O–H groups in total. The number of aromatic nitrogens is 4. The molecule has 3 heterocycles. The number of rotatable bonds is 10. The Morgan fingerprint density at radius 2 is 1.73 bits per heavy atom. The molecule has 244 valence electrons. The quantitative estimate of drug-likeness (QED) is 0.182. The number of nitrogens with one attached hydrogen (secondary N) is 2. The van der Waals surface area contributed by atoms with Crippen molar-refractivity contribution in [2.24, 2.45) is 0 Å². The number of hydrogen-bond donors (Lipinski definition) is 4. The molecule has 0 fully saturated rings. The second-order valence-electron chi connectivity index (χ2n) is 9.79. The molecule has 0 atom stereocenters. The number of benzene rings is 1. The van der Waals surface area contributed by atoms with E-state index < -0.39 is 80.9 Å². The van der Waals surface area contributed by atoms with Crippen LogP contribution in [0.25, 0.3) is 16.9 Å². The maximum absolute atomic E-state index is 14.1. The lowest BCUT2D eigenvalue weighted by molar-refractivity contribution is -0.142. The summed E-state index contributed by atoms with van der Waals surface area (Å²) in [5, 5.41) is 24.5. The highest BCUT2D eigenvalue weighted by atomic mass is 32.2. The Bertz CT molecular complexity index is 1850. The number of halogens is 6. The van der Waals surface area contributed by atoms with E-state index in [1.165, 1.54) is 20.8 Å². The van der Waals surface area contributed by atoms with Gasteiger partial charge in [0.15, 0.2) is 20.7 Å². The van der Waals surface area contributed by atoms with Gasteiger partial charge in [0.2, 0.25) is 0 Å². The van der Waals surface area contributed by atoms with Gasteiger partial charge >= 0.3 is 12.4 Å². The van der Waals surface area contributed by atoms with Crippen molar-refractivity contribution in [2.45, 2.75) is 42.9 Å². The molecule has 0 saturated carbocycles. The molecule has 0 spiro atoms. The standard InChI is InChI=1S/C25H24F6N6O6S2/c1-4-43-17-7-13(5-6-15(17)24(26,27)28)16-8-18(25(29,30)31)37-19(34-16)14(9-32-37)20(40)35-22-33-12(2)21(44-22)45(41,42)36-23(3,10-38)11-39/h5-9,36,38-39H,4,10-11H2,1-3H3,(H,33,35,40). The topological polar surface area (TPSA) is 168 Å². The molecule has 4 aromatic rings. The Balaban J connectivity index is 1.76. The minimum Gasteiger partial charge on any atom is -0.493 e. The number of anilines is 1. The molecule has 0 radical (unpaired) electrons. The van der Waals surface area contributed by atoms with Crippen molar-refractivity contribution in [3.8, 4) is 17.0 Å². The van der Waals surface area contributed by atoms with Gasteiger partial charge in [-0.2, -0.15) is 36.2 Å². The van der Waals surface area contributed by atoms with Gasteiger partial charge in [-0.1, -0.05) is 17.4 Å². The molecule has 1 aromatic carbocycles. The molecule has 45 heavy (non-hydrogen) atoms. The van der Waals surface area contributed by atoms with E-state index >= 15 is 0 Å².